The number of halogens is 1. The molecule has 0 bridgehead atoms. The Morgan fingerprint density at radius 2 is 1.67 bits per heavy atom. The predicted octanol–water partition coefficient (Wildman–Crippen LogP) is 5.68. The third-order valence-electron chi connectivity index (χ3n) is 7.40. The lowest BCUT2D eigenvalue weighted by atomic mass is 9.85. The highest BCUT2D eigenvalue weighted by Crippen LogP contribution is 2.32. The molecule has 2 aliphatic carbocycles. The highest BCUT2D eigenvalue weighted by atomic mass is 35.5. The summed E-state index contributed by atoms with van der Waals surface area (Å²) in [6, 6.07) is 11.0. The Hall–Kier alpha value is -2.97. The number of nitrogens with two attached hydrogens (primary N) is 1. The van der Waals surface area contributed by atoms with E-state index in [1.54, 1.807) is 18.2 Å². The average Bonchev–Trinajstić information content (AvgIpc) is 2.89. The lowest BCUT2D eigenvalue weighted by Gasteiger charge is -2.39. The maximum Gasteiger partial charge on any atom is 0.269 e. The second-order valence-electron chi connectivity index (χ2n) is 9.93. The van der Waals surface area contributed by atoms with Crippen molar-refractivity contribution in [1.29, 1.82) is 0 Å². The molecule has 2 aromatic carbocycles. The first kappa shape index (κ1) is 26.1. The maximum absolute atomic E-state index is 13.7. The summed E-state index contributed by atoms with van der Waals surface area (Å²) in [5.41, 5.74) is 7.69. The van der Waals surface area contributed by atoms with E-state index < -0.39 is 4.92 Å². The van der Waals surface area contributed by atoms with Gasteiger partial charge in [-0.05, 0) is 74.4 Å². The van der Waals surface area contributed by atoms with E-state index >= 15 is 0 Å². The molecule has 2 saturated carbocycles. The summed E-state index contributed by atoms with van der Waals surface area (Å²) in [6.07, 6.45) is 8.79. The number of hydrogen-bond acceptors (Lipinski definition) is 5. The molecule has 2 aromatic rings. The number of carbonyl (C=O) groups is 2. The van der Waals surface area contributed by atoms with Crippen LogP contribution >= 0.6 is 11.6 Å². The average molecular weight is 513 g/mol. The van der Waals surface area contributed by atoms with E-state index in [-0.39, 0.29) is 35.5 Å². The van der Waals surface area contributed by atoms with Gasteiger partial charge in [-0.1, -0.05) is 30.9 Å². The van der Waals surface area contributed by atoms with E-state index in [0.717, 1.165) is 56.9 Å². The first-order valence-corrected chi connectivity index (χ1v) is 13.1. The fourth-order valence-corrected chi connectivity index (χ4v) is 5.46. The third kappa shape index (κ3) is 6.42. The Balaban J connectivity index is 1.52. The van der Waals surface area contributed by atoms with Crippen molar-refractivity contribution < 1.29 is 14.5 Å². The number of carbonyl (C=O) groups excluding carboxylic acids is 2. The van der Waals surface area contributed by atoms with Gasteiger partial charge in [0.25, 0.3) is 11.6 Å². The summed E-state index contributed by atoms with van der Waals surface area (Å²) in [6.45, 7) is 0.384. The van der Waals surface area contributed by atoms with Crippen molar-refractivity contribution in [3.05, 3.63) is 68.7 Å². The molecule has 9 heteroatoms. The molecule has 2 aliphatic rings. The van der Waals surface area contributed by atoms with E-state index in [1.165, 1.54) is 30.7 Å². The van der Waals surface area contributed by atoms with E-state index in [0.29, 0.717) is 22.8 Å². The normalized spacial score (nSPS) is 20.5. The topological polar surface area (TPSA) is 119 Å². The van der Waals surface area contributed by atoms with Crippen LogP contribution in [0.1, 0.15) is 73.7 Å². The van der Waals surface area contributed by atoms with E-state index in [9.17, 15) is 19.7 Å². The highest BCUT2D eigenvalue weighted by Gasteiger charge is 2.33. The highest BCUT2D eigenvalue weighted by molar-refractivity contribution is 6.31. The number of rotatable bonds is 7. The zero-order valence-electron chi connectivity index (χ0n) is 20.3. The van der Waals surface area contributed by atoms with Crippen LogP contribution in [0.2, 0.25) is 5.02 Å². The van der Waals surface area contributed by atoms with Crippen LogP contribution in [0.5, 0.6) is 0 Å². The second-order valence-corrected chi connectivity index (χ2v) is 10.3. The van der Waals surface area contributed by atoms with Crippen LogP contribution in [0, 0.1) is 16.0 Å². The largest absolute Gasteiger partial charge is 0.335 e. The van der Waals surface area contributed by atoms with Crippen molar-refractivity contribution in [2.75, 3.05) is 5.32 Å². The van der Waals surface area contributed by atoms with Gasteiger partial charge in [-0.25, -0.2) is 0 Å². The molecule has 0 aliphatic heterocycles. The number of amides is 2. The molecule has 0 spiro atoms. The minimum absolute atomic E-state index is 0.0538. The number of nitro groups is 1. The lowest BCUT2D eigenvalue weighted by Crippen LogP contribution is -2.46. The maximum atomic E-state index is 13.7. The quantitative estimate of drug-likeness (QED) is 0.365. The molecule has 192 valence electrons. The third-order valence-corrected chi connectivity index (χ3v) is 7.77. The number of benzene rings is 2. The van der Waals surface area contributed by atoms with Gasteiger partial charge in [0.1, 0.15) is 0 Å². The SMILES string of the molecule is NC1CCC(N(Cc2cc(NC(=O)c3ccc([N+](=O)[O-])cc3)ccc2Cl)C(=O)C2CCCCC2)CC1. The zero-order chi connectivity index (χ0) is 25.7. The van der Waals surface area contributed by atoms with Gasteiger partial charge < -0.3 is 16.0 Å². The van der Waals surface area contributed by atoms with E-state index in [1.807, 2.05) is 4.90 Å². The van der Waals surface area contributed by atoms with Crippen LogP contribution < -0.4 is 11.1 Å². The van der Waals surface area contributed by atoms with Gasteiger partial charge in [-0.15, -0.1) is 0 Å². The van der Waals surface area contributed by atoms with Crippen molar-refractivity contribution in [2.45, 2.75) is 76.4 Å². The van der Waals surface area contributed by atoms with Gasteiger partial charge in [-0.3, -0.25) is 19.7 Å². The molecule has 0 unspecified atom stereocenters. The van der Waals surface area contributed by atoms with Crippen molar-refractivity contribution in [3.8, 4) is 0 Å². The van der Waals surface area contributed by atoms with Crippen molar-refractivity contribution in [2.24, 2.45) is 11.7 Å². The Morgan fingerprint density at radius 3 is 2.31 bits per heavy atom. The molecule has 0 aromatic heterocycles. The van der Waals surface area contributed by atoms with Gasteiger partial charge in [-0.2, -0.15) is 0 Å². The van der Waals surface area contributed by atoms with Crippen LogP contribution in [-0.4, -0.2) is 33.7 Å². The van der Waals surface area contributed by atoms with Gasteiger partial charge in [0, 0.05) is 53.0 Å². The molecule has 36 heavy (non-hydrogen) atoms. The fraction of sp³-hybridized carbons (Fsp3) is 0.481. The standard InChI is InChI=1S/C27H33ClN4O4/c28-25-15-10-22(30-26(33)18-6-11-24(12-7-18)32(35)36)16-20(25)17-31(23-13-8-21(29)9-14-23)27(34)19-4-2-1-3-5-19/h6-7,10-12,15-16,19,21,23H,1-5,8-9,13-14,17,29H2,(H,30,33). The van der Waals surface area contributed by atoms with E-state index in [2.05, 4.69) is 5.32 Å². The Labute approximate surface area is 216 Å². The molecule has 8 nitrogen and oxygen atoms in total. The number of nitrogens with one attached hydrogen (secondary N) is 1. The monoisotopic (exact) mass is 512 g/mol. The number of hydrogen-bond donors (Lipinski definition) is 2. The zero-order valence-corrected chi connectivity index (χ0v) is 21.1. The molecule has 0 saturated heterocycles. The molecule has 0 heterocycles. The van der Waals surface area contributed by atoms with Gasteiger partial charge >= 0.3 is 0 Å². The summed E-state index contributed by atoms with van der Waals surface area (Å²) in [5, 5.41) is 14.2. The summed E-state index contributed by atoms with van der Waals surface area (Å²) in [4.78, 5) is 38.7. The fourth-order valence-electron chi connectivity index (χ4n) is 5.28. The molecule has 2 amide bonds. The van der Waals surface area contributed by atoms with Crippen LogP contribution in [0.25, 0.3) is 0 Å². The summed E-state index contributed by atoms with van der Waals surface area (Å²) < 4.78 is 0. The van der Waals surface area contributed by atoms with Crippen LogP contribution in [-0.2, 0) is 11.3 Å². The first-order valence-electron chi connectivity index (χ1n) is 12.7. The first-order chi connectivity index (χ1) is 17.3. The van der Waals surface area contributed by atoms with Crippen molar-refractivity contribution in [3.63, 3.8) is 0 Å². The van der Waals surface area contributed by atoms with Crippen LogP contribution in [0.4, 0.5) is 11.4 Å². The predicted molar refractivity (Wildman–Crippen MR) is 140 cm³/mol. The number of nitrogens with zero attached hydrogens (tertiary/aromatic N) is 2. The van der Waals surface area contributed by atoms with Gasteiger partial charge in [0.05, 0.1) is 4.92 Å². The Bertz CT molecular complexity index is 1090. The summed E-state index contributed by atoms with van der Waals surface area (Å²) in [5.74, 6) is -0.126. The molecule has 2 fully saturated rings. The molecular weight excluding hydrogens is 480 g/mol. The molecule has 4 rings (SSSR count). The number of nitro benzene ring substituents is 1. The van der Waals surface area contributed by atoms with Crippen molar-refractivity contribution >= 4 is 34.8 Å². The van der Waals surface area contributed by atoms with Gasteiger partial charge in [0.15, 0.2) is 0 Å². The molecule has 0 atom stereocenters. The van der Waals surface area contributed by atoms with Crippen LogP contribution in [0.15, 0.2) is 42.5 Å². The Kier molecular flexibility index (Phi) is 8.59. The summed E-state index contributed by atoms with van der Waals surface area (Å²) >= 11 is 6.56. The minimum atomic E-state index is -0.506. The summed E-state index contributed by atoms with van der Waals surface area (Å²) in [7, 11) is 0. The molecule has 0 radical (unpaired) electrons. The molecule has 3 N–H and O–H groups in total. The second kappa shape index (κ2) is 11.8. The van der Waals surface area contributed by atoms with Crippen LogP contribution in [0.3, 0.4) is 0 Å². The minimum Gasteiger partial charge on any atom is -0.335 e. The molecular formula is C27H33ClN4O4. The Morgan fingerprint density at radius 1 is 1.00 bits per heavy atom. The van der Waals surface area contributed by atoms with E-state index in [4.69, 9.17) is 17.3 Å². The van der Waals surface area contributed by atoms with Gasteiger partial charge in [0.2, 0.25) is 5.91 Å². The smallest absolute Gasteiger partial charge is 0.269 e. The number of non-ortho nitro benzene ring substituents is 1. The van der Waals surface area contributed by atoms with Crippen molar-refractivity contribution in [1.82, 2.24) is 4.90 Å². The lowest BCUT2D eigenvalue weighted by molar-refractivity contribution is -0.384. The number of anilines is 1.